The summed E-state index contributed by atoms with van der Waals surface area (Å²) < 4.78 is 0. The molecule has 1 rings (SSSR count). The predicted octanol–water partition coefficient (Wildman–Crippen LogP) is 1.36. The molecule has 0 aromatic carbocycles. The monoisotopic (exact) mass is 204 g/mol. The molecule has 0 amide bonds. The van der Waals surface area contributed by atoms with E-state index in [-0.39, 0.29) is 0 Å². The van der Waals surface area contributed by atoms with Crippen molar-refractivity contribution >= 4 is 5.69 Å². The van der Waals surface area contributed by atoms with E-state index in [0.717, 1.165) is 18.8 Å². The normalized spacial score (nSPS) is 10.0. The highest BCUT2D eigenvalue weighted by molar-refractivity contribution is 5.53. The standard InChI is InChI=1S/C11H16N4/c1-9(2)13-6-7-15-10-4-3-5-14-11(10)8-12/h3-5,9,13,15H,6-7H2,1-2H3. The Balaban J connectivity index is 2.41. The summed E-state index contributed by atoms with van der Waals surface area (Å²) in [5.74, 6) is 0. The highest BCUT2D eigenvalue weighted by atomic mass is 15.0. The van der Waals surface area contributed by atoms with Gasteiger partial charge in [-0.1, -0.05) is 13.8 Å². The van der Waals surface area contributed by atoms with Crippen molar-refractivity contribution in [1.82, 2.24) is 10.3 Å². The first-order valence-corrected chi connectivity index (χ1v) is 5.06. The molecule has 15 heavy (non-hydrogen) atoms. The van der Waals surface area contributed by atoms with Crippen LogP contribution in [0.4, 0.5) is 5.69 Å². The molecule has 0 saturated heterocycles. The largest absolute Gasteiger partial charge is 0.381 e. The Bertz CT molecular complexity index is 341. The van der Waals surface area contributed by atoms with Crippen LogP contribution in [0.2, 0.25) is 0 Å². The van der Waals surface area contributed by atoms with Gasteiger partial charge in [0.25, 0.3) is 0 Å². The highest BCUT2D eigenvalue weighted by Crippen LogP contribution is 2.09. The van der Waals surface area contributed by atoms with Gasteiger partial charge in [0, 0.05) is 25.3 Å². The fraction of sp³-hybridized carbons (Fsp3) is 0.455. The molecule has 1 aromatic rings. The van der Waals surface area contributed by atoms with Crippen LogP contribution in [-0.2, 0) is 0 Å². The molecule has 0 atom stereocenters. The van der Waals surface area contributed by atoms with E-state index in [0.29, 0.717) is 11.7 Å². The fourth-order valence-electron chi connectivity index (χ4n) is 1.20. The Hall–Kier alpha value is -1.60. The number of nitriles is 1. The van der Waals surface area contributed by atoms with E-state index in [1.807, 2.05) is 12.1 Å². The van der Waals surface area contributed by atoms with Crippen molar-refractivity contribution in [2.45, 2.75) is 19.9 Å². The Labute approximate surface area is 90.3 Å². The quantitative estimate of drug-likeness (QED) is 0.711. The smallest absolute Gasteiger partial charge is 0.163 e. The van der Waals surface area contributed by atoms with Crippen LogP contribution in [-0.4, -0.2) is 24.1 Å². The van der Waals surface area contributed by atoms with E-state index in [4.69, 9.17) is 5.26 Å². The molecule has 0 unspecified atom stereocenters. The lowest BCUT2D eigenvalue weighted by Gasteiger charge is -2.10. The zero-order valence-electron chi connectivity index (χ0n) is 9.12. The number of hydrogen-bond donors (Lipinski definition) is 2. The van der Waals surface area contributed by atoms with E-state index in [2.05, 4.69) is 35.5 Å². The fourth-order valence-corrected chi connectivity index (χ4v) is 1.20. The van der Waals surface area contributed by atoms with Gasteiger partial charge in [0.05, 0.1) is 5.69 Å². The summed E-state index contributed by atoms with van der Waals surface area (Å²) in [6, 6.07) is 6.21. The first kappa shape index (κ1) is 11.5. The topological polar surface area (TPSA) is 60.7 Å². The van der Waals surface area contributed by atoms with Crippen molar-refractivity contribution in [2.24, 2.45) is 0 Å². The van der Waals surface area contributed by atoms with Gasteiger partial charge in [0.15, 0.2) is 5.69 Å². The highest BCUT2D eigenvalue weighted by Gasteiger charge is 2.00. The van der Waals surface area contributed by atoms with Gasteiger partial charge in [-0.2, -0.15) is 5.26 Å². The van der Waals surface area contributed by atoms with Gasteiger partial charge in [0.1, 0.15) is 6.07 Å². The minimum absolute atomic E-state index is 0.446. The third-order valence-corrected chi connectivity index (χ3v) is 1.91. The van der Waals surface area contributed by atoms with E-state index in [1.165, 1.54) is 0 Å². The molecular formula is C11H16N4. The maximum Gasteiger partial charge on any atom is 0.163 e. The van der Waals surface area contributed by atoms with Crippen LogP contribution in [0.1, 0.15) is 19.5 Å². The molecule has 0 radical (unpaired) electrons. The molecule has 0 aliphatic heterocycles. The predicted molar refractivity (Wildman–Crippen MR) is 60.6 cm³/mol. The van der Waals surface area contributed by atoms with Gasteiger partial charge >= 0.3 is 0 Å². The lowest BCUT2D eigenvalue weighted by molar-refractivity contribution is 0.602. The average molecular weight is 204 g/mol. The Morgan fingerprint density at radius 1 is 1.47 bits per heavy atom. The summed E-state index contributed by atoms with van der Waals surface area (Å²) in [6.07, 6.45) is 1.62. The van der Waals surface area contributed by atoms with Crippen molar-refractivity contribution in [3.8, 4) is 6.07 Å². The van der Waals surface area contributed by atoms with E-state index in [9.17, 15) is 0 Å². The van der Waals surface area contributed by atoms with Gasteiger partial charge in [0.2, 0.25) is 0 Å². The van der Waals surface area contributed by atoms with Crippen molar-refractivity contribution in [2.75, 3.05) is 18.4 Å². The molecule has 0 aliphatic carbocycles. The number of nitrogens with zero attached hydrogens (tertiary/aromatic N) is 2. The van der Waals surface area contributed by atoms with Crippen LogP contribution >= 0.6 is 0 Å². The summed E-state index contributed by atoms with van der Waals surface area (Å²) in [6.45, 7) is 5.87. The number of aromatic nitrogens is 1. The molecule has 4 nitrogen and oxygen atoms in total. The second-order valence-corrected chi connectivity index (χ2v) is 3.55. The summed E-state index contributed by atoms with van der Waals surface area (Å²) in [7, 11) is 0. The van der Waals surface area contributed by atoms with Crippen molar-refractivity contribution in [1.29, 1.82) is 5.26 Å². The van der Waals surface area contributed by atoms with Crippen molar-refractivity contribution in [3.63, 3.8) is 0 Å². The second-order valence-electron chi connectivity index (χ2n) is 3.55. The third kappa shape index (κ3) is 3.96. The van der Waals surface area contributed by atoms with Crippen molar-refractivity contribution in [3.05, 3.63) is 24.0 Å². The average Bonchev–Trinajstić information content (AvgIpc) is 2.24. The van der Waals surface area contributed by atoms with E-state index < -0.39 is 0 Å². The van der Waals surface area contributed by atoms with Gasteiger partial charge in [-0.25, -0.2) is 4.98 Å². The molecule has 80 valence electrons. The molecule has 1 heterocycles. The van der Waals surface area contributed by atoms with Crippen LogP contribution in [0.5, 0.6) is 0 Å². The minimum Gasteiger partial charge on any atom is -0.381 e. The van der Waals surface area contributed by atoms with Gasteiger partial charge in [-0.3, -0.25) is 0 Å². The van der Waals surface area contributed by atoms with Gasteiger partial charge < -0.3 is 10.6 Å². The molecule has 4 heteroatoms. The summed E-state index contributed by atoms with van der Waals surface area (Å²) in [4.78, 5) is 3.97. The summed E-state index contributed by atoms with van der Waals surface area (Å²) >= 11 is 0. The number of anilines is 1. The molecule has 2 N–H and O–H groups in total. The molecule has 0 fully saturated rings. The Morgan fingerprint density at radius 3 is 2.93 bits per heavy atom. The first-order valence-electron chi connectivity index (χ1n) is 5.06. The molecule has 0 bridgehead atoms. The lowest BCUT2D eigenvalue weighted by atomic mass is 10.3. The van der Waals surface area contributed by atoms with Crippen LogP contribution in [0.3, 0.4) is 0 Å². The lowest BCUT2D eigenvalue weighted by Crippen LogP contribution is -2.28. The Kier molecular flexibility index (Phi) is 4.58. The molecular weight excluding hydrogens is 188 g/mol. The zero-order chi connectivity index (χ0) is 11.1. The number of rotatable bonds is 5. The van der Waals surface area contributed by atoms with Gasteiger partial charge in [-0.15, -0.1) is 0 Å². The maximum atomic E-state index is 8.80. The maximum absolute atomic E-state index is 8.80. The number of hydrogen-bond acceptors (Lipinski definition) is 4. The van der Waals surface area contributed by atoms with Gasteiger partial charge in [-0.05, 0) is 12.1 Å². The third-order valence-electron chi connectivity index (χ3n) is 1.91. The number of nitrogens with one attached hydrogen (secondary N) is 2. The molecule has 0 saturated carbocycles. The minimum atomic E-state index is 0.446. The first-order chi connectivity index (χ1) is 7.24. The molecule has 1 aromatic heterocycles. The zero-order valence-corrected chi connectivity index (χ0v) is 9.12. The molecule has 0 spiro atoms. The van der Waals surface area contributed by atoms with E-state index >= 15 is 0 Å². The molecule has 0 aliphatic rings. The summed E-state index contributed by atoms with van der Waals surface area (Å²) in [5.41, 5.74) is 1.24. The van der Waals surface area contributed by atoms with E-state index in [1.54, 1.807) is 6.20 Å². The summed E-state index contributed by atoms with van der Waals surface area (Å²) in [5, 5.41) is 15.3. The SMILES string of the molecule is CC(C)NCCNc1cccnc1C#N. The van der Waals surface area contributed by atoms with Crippen LogP contribution in [0.15, 0.2) is 18.3 Å². The Morgan fingerprint density at radius 2 is 2.27 bits per heavy atom. The van der Waals surface area contributed by atoms with Crippen molar-refractivity contribution < 1.29 is 0 Å². The van der Waals surface area contributed by atoms with Crippen LogP contribution < -0.4 is 10.6 Å². The second kappa shape index (κ2) is 5.99. The van der Waals surface area contributed by atoms with Crippen LogP contribution in [0, 0.1) is 11.3 Å². The van der Waals surface area contributed by atoms with Crippen LogP contribution in [0.25, 0.3) is 0 Å². The number of pyridine rings is 1.